The summed E-state index contributed by atoms with van der Waals surface area (Å²) in [5, 5.41) is 3.92. The Labute approximate surface area is 121 Å². The Kier molecular flexibility index (Phi) is 4.21. The highest BCUT2D eigenvalue weighted by Crippen LogP contribution is 2.25. The van der Waals surface area contributed by atoms with Crippen LogP contribution in [-0.2, 0) is 16.0 Å². The molecule has 1 unspecified atom stereocenters. The van der Waals surface area contributed by atoms with Crippen LogP contribution < -0.4 is 5.32 Å². The van der Waals surface area contributed by atoms with E-state index in [0.717, 1.165) is 0 Å². The lowest BCUT2D eigenvalue weighted by molar-refractivity contribution is -0.173. The first-order chi connectivity index (χ1) is 9.83. The van der Waals surface area contributed by atoms with Crippen molar-refractivity contribution < 1.29 is 22.8 Å². The first kappa shape index (κ1) is 15.4. The van der Waals surface area contributed by atoms with Crippen LogP contribution in [-0.4, -0.2) is 41.1 Å². The van der Waals surface area contributed by atoms with Crippen LogP contribution in [0, 0.1) is 0 Å². The monoisotopic (exact) mass is 317 g/mol. The number of halogens is 3. The van der Waals surface area contributed by atoms with Crippen molar-refractivity contribution in [3.05, 3.63) is 28.7 Å². The zero-order valence-corrected chi connectivity index (χ0v) is 11.4. The molecule has 9 heteroatoms. The van der Waals surface area contributed by atoms with Crippen molar-refractivity contribution >= 4 is 29.2 Å². The Hall–Kier alpha value is -2.03. The zero-order chi connectivity index (χ0) is 15.5. The van der Waals surface area contributed by atoms with E-state index in [2.05, 4.69) is 9.98 Å². The minimum absolute atomic E-state index is 0.151. The number of carbonyl (C=O) groups excluding carboxylic acids is 2. The van der Waals surface area contributed by atoms with E-state index < -0.39 is 30.0 Å². The molecule has 0 aliphatic carbocycles. The highest BCUT2D eigenvalue weighted by atomic mass is 32.1. The van der Waals surface area contributed by atoms with Crippen LogP contribution in [0.15, 0.2) is 28.7 Å². The maximum Gasteiger partial charge on any atom is 0.471 e. The number of allylic oxidation sites excluding steroid dienone is 1. The molecule has 1 amide bonds. The summed E-state index contributed by atoms with van der Waals surface area (Å²) in [6.07, 6.45) is 1.13. The van der Waals surface area contributed by atoms with Gasteiger partial charge in [-0.2, -0.15) is 13.2 Å². The number of aliphatic imine (C=N–C) groups is 1. The molecule has 1 aliphatic heterocycles. The Morgan fingerprint density at radius 1 is 1.38 bits per heavy atom. The summed E-state index contributed by atoms with van der Waals surface area (Å²) in [5.41, 5.74) is -1.29. The van der Waals surface area contributed by atoms with Gasteiger partial charge in [-0.3, -0.25) is 14.6 Å². The first-order valence-corrected chi connectivity index (χ1v) is 6.71. The van der Waals surface area contributed by atoms with E-state index in [1.54, 1.807) is 16.9 Å². The van der Waals surface area contributed by atoms with Crippen LogP contribution in [0.3, 0.4) is 0 Å². The van der Waals surface area contributed by atoms with Gasteiger partial charge in [-0.25, -0.2) is 4.98 Å². The minimum atomic E-state index is -5.02. The molecule has 1 aromatic heterocycles. The van der Waals surface area contributed by atoms with Crippen molar-refractivity contribution in [1.82, 2.24) is 10.3 Å². The molecule has 1 aromatic rings. The maximum absolute atomic E-state index is 12.2. The van der Waals surface area contributed by atoms with E-state index >= 15 is 0 Å². The van der Waals surface area contributed by atoms with Crippen LogP contribution in [0.2, 0.25) is 0 Å². The summed E-state index contributed by atoms with van der Waals surface area (Å²) < 4.78 is 36.3. The van der Waals surface area contributed by atoms with Crippen molar-refractivity contribution in [2.45, 2.75) is 18.1 Å². The predicted molar refractivity (Wildman–Crippen MR) is 70.3 cm³/mol. The average Bonchev–Trinajstić information content (AvgIpc) is 3.07. The number of amides is 1. The molecular formula is C12H10F3N3O2S. The SMILES string of the molecule is O=C(NCC(=O)C1(Cc2nccs2)C=CC=N1)C(F)(F)F. The zero-order valence-electron chi connectivity index (χ0n) is 10.6. The van der Waals surface area contributed by atoms with Gasteiger partial charge in [0.05, 0.1) is 11.6 Å². The van der Waals surface area contributed by atoms with Crippen LogP contribution in [0.1, 0.15) is 5.01 Å². The summed E-state index contributed by atoms with van der Waals surface area (Å²) in [4.78, 5) is 31.0. The third kappa shape index (κ3) is 3.54. The molecule has 112 valence electrons. The molecule has 1 atom stereocenters. The number of thiazole rings is 1. The van der Waals surface area contributed by atoms with E-state index in [9.17, 15) is 22.8 Å². The molecule has 0 aromatic carbocycles. The lowest BCUT2D eigenvalue weighted by Gasteiger charge is -2.22. The topological polar surface area (TPSA) is 71.4 Å². The Morgan fingerprint density at radius 3 is 2.67 bits per heavy atom. The van der Waals surface area contributed by atoms with Gasteiger partial charge in [0.2, 0.25) is 0 Å². The summed E-state index contributed by atoms with van der Waals surface area (Å²) >= 11 is 1.32. The molecule has 2 heterocycles. The molecule has 0 saturated heterocycles. The van der Waals surface area contributed by atoms with Gasteiger partial charge in [0.1, 0.15) is 5.54 Å². The number of hydrogen-bond donors (Lipinski definition) is 1. The summed E-state index contributed by atoms with van der Waals surface area (Å²) in [5.74, 6) is -2.77. The molecule has 1 N–H and O–H groups in total. The normalized spacial score (nSPS) is 20.7. The van der Waals surface area contributed by atoms with Crippen LogP contribution in [0.5, 0.6) is 0 Å². The fourth-order valence-electron chi connectivity index (χ4n) is 1.77. The summed E-state index contributed by atoms with van der Waals surface area (Å²) in [6, 6.07) is 0. The number of hydrogen-bond acceptors (Lipinski definition) is 5. The molecule has 0 spiro atoms. The number of ketones is 1. The van der Waals surface area contributed by atoms with Gasteiger partial charge < -0.3 is 5.32 Å². The van der Waals surface area contributed by atoms with E-state index in [1.807, 2.05) is 0 Å². The molecule has 2 rings (SSSR count). The maximum atomic E-state index is 12.2. The van der Waals surface area contributed by atoms with Crippen LogP contribution in [0.4, 0.5) is 13.2 Å². The van der Waals surface area contributed by atoms with Crippen molar-refractivity contribution in [2.75, 3.05) is 6.54 Å². The fourth-order valence-corrected chi connectivity index (χ4v) is 2.48. The van der Waals surface area contributed by atoms with Gasteiger partial charge in [0.25, 0.3) is 0 Å². The van der Waals surface area contributed by atoms with Gasteiger partial charge in [-0.05, 0) is 12.2 Å². The largest absolute Gasteiger partial charge is 0.471 e. The number of Topliss-reactive ketones (excluding diaryl/α,β-unsaturated/α-hetero) is 1. The first-order valence-electron chi connectivity index (χ1n) is 5.83. The quantitative estimate of drug-likeness (QED) is 0.890. The number of carbonyl (C=O) groups is 2. The van der Waals surface area contributed by atoms with Gasteiger partial charge in [0.15, 0.2) is 5.78 Å². The number of alkyl halides is 3. The van der Waals surface area contributed by atoms with E-state index in [1.165, 1.54) is 29.7 Å². The third-order valence-electron chi connectivity index (χ3n) is 2.82. The molecule has 1 aliphatic rings. The van der Waals surface area contributed by atoms with E-state index in [-0.39, 0.29) is 6.42 Å². The number of rotatable bonds is 5. The molecule has 5 nitrogen and oxygen atoms in total. The standard InChI is InChI=1S/C12H10F3N3O2S/c13-12(14,15)10(20)17-7-8(19)11(2-1-3-18-11)6-9-16-4-5-21-9/h1-5H,6-7H2,(H,17,20). The van der Waals surface area contributed by atoms with Crippen molar-refractivity contribution in [1.29, 1.82) is 0 Å². The Morgan fingerprint density at radius 2 is 2.14 bits per heavy atom. The molecule has 0 fully saturated rings. The lowest BCUT2D eigenvalue weighted by atomic mass is 9.91. The van der Waals surface area contributed by atoms with Crippen molar-refractivity contribution in [3.63, 3.8) is 0 Å². The number of nitrogens with zero attached hydrogens (tertiary/aromatic N) is 2. The minimum Gasteiger partial charge on any atom is -0.341 e. The molecular weight excluding hydrogens is 307 g/mol. The molecule has 21 heavy (non-hydrogen) atoms. The van der Waals surface area contributed by atoms with Gasteiger partial charge in [-0.15, -0.1) is 11.3 Å². The second-order valence-corrected chi connectivity index (χ2v) is 5.25. The summed E-state index contributed by atoms with van der Waals surface area (Å²) in [7, 11) is 0. The second-order valence-electron chi connectivity index (χ2n) is 4.27. The smallest absolute Gasteiger partial charge is 0.341 e. The van der Waals surface area contributed by atoms with Crippen LogP contribution >= 0.6 is 11.3 Å². The third-order valence-corrected chi connectivity index (χ3v) is 3.60. The predicted octanol–water partition coefficient (Wildman–Crippen LogP) is 1.31. The molecule has 0 radical (unpaired) electrons. The fraction of sp³-hybridized carbons (Fsp3) is 0.333. The highest BCUT2D eigenvalue weighted by molar-refractivity contribution is 7.09. The Bertz CT molecular complexity index is 581. The van der Waals surface area contributed by atoms with Crippen molar-refractivity contribution in [3.8, 4) is 0 Å². The van der Waals surface area contributed by atoms with E-state index in [4.69, 9.17) is 0 Å². The molecule has 0 bridgehead atoms. The van der Waals surface area contributed by atoms with Crippen molar-refractivity contribution in [2.24, 2.45) is 4.99 Å². The number of aromatic nitrogens is 1. The second kappa shape index (κ2) is 5.76. The average molecular weight is 317 g/mol. The van der Waals surface area contributed by atoms with Gasteiger partial charge in [0, 0.05) is 24.2 Å². The lowest BCUT2D eigenvalue weighted by Crippen LogP contribution is -2.46. The summed E-state index contributed by atoms with van der Waals surface area (Å²) in [6.45, 7) is -0.745. The highest BCUT2D eigenvalue weighted by Gasteiger charge is 2.41. The Balaban J connectivity index is 2.05. The van der Waals surface area contributed by atoms with Crippen LogP contribution in [0.25, 0.3) is 0 Å². The molecule has 0 saturated carbocycles. The van der Waals surface area contributed by atoms with Gasteiger partial charge in [-0.1, -0.05) is 0 Å². The number of nitrogens with one attached hydrogen (secondary N) is 1. The van der Waals surface area contributed by atoms with Gasteiger partial charge >= 0.3 is 12.1 Å². The van der Waals surface area contributed by atoms with E-state index in [0.29, 0.717) is 5.01 Å².